The highest BCUT2D eigenvalue weighted by molar-refractivity contribution is 14.1. The van der Waals surface area contributed by atoms with E-state index in [0.717, 1.165) is 7.27 Å². The molecule has 58 valence electrons. The zero-order valence-corrected chi connectivity index (χ0v) is 10.2. The second-order valence-electron chi connectivity index (χ2n) is 1.74. The number of pyridine rings is 1. The molecule has 0 atom stereocenters. The summed E-state index contributed by atoms with van der Waals surface area (Å²) >= 11 is 9.32. The van der Waals surface area contributed by atoms with Gasteiger partial charge in [0.05, 0.1) is 0 Å². The summed E-state index contributed by atoms with van der Waals surface area (Å²) in [5, 5.41) is -0.507. The van der Waals surface area contributed by atoms with E-state index in [1.54, 1.807) is 0 Å². The molecule has 5 heteroatoms. The van der Waals surface area contributed by atoms with Crippen molar-refractivity contribution in [2.75, 3.05) is 0 Å². The number of aromatic nitrogens is 1. The third kappa shape index (κ3) is 2.51. The van der Waals surface area contributed by atoms with Gasteiger partial charge in [0.1, 0.15) is 9.39 Å². The molecule has 0 saturated heterocycles. The van der Waals surface area contributed by atoms with Gasteiger partial charge in [0.15, 0.2) is 0 Å². The van der Waals surface area contributed by atoms with Gasteiger partial charge in [-0.3, -0.25) is 4.79 Å². The molecule has 0 radical (unpaired) electrons. The van der Waals surface area contributed by atoms with Gasteiger partial charge in [-0.2, -0.15) is 0 Å². The highest BCUT2D eigenvalue weighted by Gasteiger charge is 2.08. The molecular formula is C6H2ClI2NO. The van der Waals surface area contributed by atoms with Crippen LogP contribution in [0.3, 0.4) is 0 Å². The lowest BCUT2D eigenvalue weighted by Crippen LogP contribution is -1.98. The molecule has 0 fully saturated rings. The summed E-state index contributed by atoms with van der Waals surface area (Å²) in [5.41, 5.74) is 0.333. The Kier molecular flexibility index (Phi) is 3.51. The molecule has 11 heavy (non-hydrogen) atoms. The van der Waals surface area contributed by atoms with Crippen LogP contribution in [0.15, 0.2) is 12.1 Å². The molecule has 2 nitrogen and oxygen atoms in total. The van der Waals surface area contributed by atoms with Crippen LogP contribution in [-0.4, -0.2) is 10.2 Å². The Morgan fingerprint density at radius 2 is 2.09 bits per heavy atom. The number of hydrogen-bond acceptors (Lipinski definition) is 2. The number of carbonyl (C=O) groups excluding carboxylic acids is 1. The quantitative estimate of drug-likeness (QED) is 0.417. The maximum Gasteiger partial charge on any atom is 0.271 e. The second-order valence-corrected chi connectivity index (χ2v) is 4.35. The Balaban J connectivity index is 3.23. The lowest BCUT2D eigenvalue weighted by atomic mass is 10.4. The molecule has 0 bridgehead atoms. The van der Waals surface area contributed by atoms with Gasteiger partial charge < -0.3 is 0 Å². The number of halogens is 3. The molecule has 0 aliphatic heterocycles. The van der Waals surface area contributed by atoms with Gasteiger partial charge in [0, 0.05) is 3.57 Å². The van der Waals surface area contributed by atoms with Gasteiger partial charge in [-0.05, 0) is 68.9 Å². The molecular weight excluding hydrogens is 391 g/mol. The summed E-state index contributed by atoms with van der Waals surface area (Å²) in [6.07, 6.45) is 0. The number of carbonyl (C=O) groups is 1. The van der Waals surface area contributed by atoms with Crippen molar-refractivity contribution in [3.05, 3.63) is 25.1 Å². The fourth-order valence-corrected chi connectivity index (χ4v) is 1.83. The molecule has 0 unspecified atom stereocenters. The molecule has 0 saturated carbocycles. The predicted octanol–water partition coefficient (Wildman–Crippen LogP) is 2.67. The van der Waals surface area contributed by atoms with Gasteiger partial charge >= 0.3 is 0 Å². The molecule has 0 spiro atoms. The zero-order chi connectivity index (χ0) is 8.43. The largest absolute Gasteiger partial charge is 0.274 e. The lowest BCUT2D eigenvalue weighted by Gasteiger charge is -1.96. The molecule has 1 rings (SSSR count). The first-order valence-electron chi connectivity index (χ1n) is 2.63. The molecule has 0 aliphatic carbocycles. The summed E-state index contributed by atoms with van der Waals surface area (Å²) < 4.78 is 1.55. The monoisotopic (exact) mass is 393 g/mol. The maximum absolute atomic E-state index is 10.7. The minimum atomic E-state index is -0.507. The van der Waals surface area contributed by atoms with Gasteiger partial charge in [-0.15, -0.1) is 0 Å². The molecule has 1 heterocycles. The summed E-state index contributed by atoms with van der Waals surface area (Å²) in [4.78, 5) is 14.7. The van der Waals surface area contributed by atoms with Crippen molar-refractivity contribution in [1.29, 1.82) is 0 Å². The summed E-state index contributed by atoms with van der Waals surface area (Å²) in [5.74, 6) is 0. The van der Waals surface area contributed by atoms with E-state index in [0.29, 0.717) is 5.69 Å². The van der Waals surface area contributed by atoms with Gasteiger partial charge in [0.25, 0.3) is 5.24 Å². The van der Waals surface area contributed by atoms with Crippen LogP contribution in [0.2, 0.25) is 0 Å². The van der Waals surface area contributed by atoms with Gasteiger partial charge in [-0.1, -0.05) is 0 Å². The Morgan fingerprint density at radius 3 is 2.55 bits per heavy atom. The van der Waals surface area contributed by atoms with Crippen molar-refractivity contribution in [1.82, 2.24) is 4.98 Å². The minimum absolute atomic E-state index is 0.333. The minimum Gasteiger partial charge on any atom is -0.274 e. The highest BCUT2D eigenvalue weighted by atomic mass is 127. The van der Waals surface area contributed by atoms with Crippen molar-refractivity contribution in [3.63, 3.8) is 0 Å². The number of nitrogens with zero attached hydrogens (tertiary/aromatic N) is 1. The Bertz CT molecular complexity index is 303. The van der Waals surface area contributed by atoms with E-state index >= 15 is 0 Å². The third-order valence-electron chi connectivity index (χ3n) is 0.998. The van der Waals surface area contributed by atoms with Crippen LogP contribution < -0.4 is 0 Å². The molecule has 1 aromatic rings. The van der Waals surface area contributed by atoms with Crippen LogP contribution in [0.4, 0.5) is 0 Å². The smallest absolute Gasteiger partial charge is 0.271 e. The molecule has 1 aromatic heterocycles. The van der Waals surface area contributed by atoms with Crippen molar-refractivity contribution in [2.45, 2.75) is 0 Å². The van der Waals surface area contributed by atoms with E-state index in [2.05, 4.69) is 4.98 Å². The fourth-order valence-electron chi connectivity index (χ4n) is 0.556. The normalized spacial score (nSPS) is 9.73. The Hall–Kier alpha value is 0.570. The van der Waals surface area contributed by atoms with Gasteiger partial charge in [0.2, 0.25) is 0 Å². The number of hydrogen-bond donors (Lipinski definition) is 0. The van der Waals surface area contributed by atoms with E-state index in [-0.39, 0.29) is 0 Å². The first-order chi connectivity index (χ1) is 5.11. The maximum atomic E-state index is 10.7. The van der Waals surface area contributed by atoms with E-state index in [1.807, 2.05) is 57.3 Å². The van der Waals surface area contributed by atoms with Crippen molar-refractivity contribution in [2.24, 2.45) is 0 Å². The molecule has 0 aromatic carbocycles. The van der Waals surface area contributed by atoms with Crippen LogP contribution in [0.25, 0.3) is 0 Å². The predicted molar refractivity (Wildman–Crippen MR) is 59.9 cm³/mol. The van der Waals surface area contributed by atoms with Crippen LogP contribution in [0, 0.1) is 7.27 Å². The molecule has 0 amide bonds. The van der Waals surface area contributed by atoms with E-state index < -0.39 is 5.24 Å². The van der Waals surface area contributed by atoms with E-state index in [9.17, 15) is 4.79 Å². The van der Waals surface area contributed by atoms with E-state index in [4.69, 9.17) is 11.6 Å². The van der Waals surface area contributed by atoms with Crippen molar-refractivity contribution in [3.8, 4) is 0 Å². The average Bonchev–Trinajstić information content (AvgIpc) is 1.94. The fraction of sp³-hybridized carbons (Fsp3) is 0. The SMILES string of the molecule is O=C(Cl)c1nc(I)ccc1I. The standard InChI is InChI=1S/C6H2ClI2NO/c7-6(11)5-3(8)1-2-4(9)10-5/h1-2H. The third-order valence-corrected chi connectivity index (χ3v) is 2.65. The first kappa shape index (κ1) is 9.66. The summed E-state index contributed by atoms with van der Waals surface area (Å²) in [7, 11) is 0. The highest BCUT2D eigenvalue weighted by Crippen LogP contribution is 2.13. The molecule has 0 N–H and O–H groups in total. The topological polar surface area (TPSA) is 30.0 Å². The zero-order valence-electron chi connectivity index (χ0n) is 5.14. The molecule has 0 aliphatic rings. The summed E-state index contributed by atoms with van der Waals surface area (Å²) in [6, 6.07) is 3.64. The first-order valence-corrected chi connectivity index (χ1v) is 5.16. The lowest BCUT2D eigenvalue weighted by molar-refractivity contribution is 0.107. The van der Waals surface area contributed by atoms with Crippen LogP contribution in [-0.2, 0) is 0 Å². The van der Waals surface area contributed by atoms with Gasteiger partial charge in [-0.25, -0.2) is 4.98 Å². The van der Waals surface area contributed by atoms with Crippen LogP contribution in [0.5, 0.6) is 0 Å². The van der Waals surface area contributed by atoms with Crippen LogP contribution in [0.1, 0.15) is 10.5 Å². The number of rotatable bonds is 1. The average molecular weight is 393 g/mol. The Labute approximate surface area is 96.0 Å². The van der Waals surface area contributed by atoms with Crippen molar-refractivity contribution < 1.29 is 4.79 Å². The van der Waals surface area contributed by atoms with Crippen LogP contribution >= 0.6 is 56.8 Å². The second kappa shape index (κ2) is 3.99. The van der Waals surface area contributed by atoms with E-state index in [1.165, 1.54) is 0 Å². The summed E-state index contributed by atoms with van der Waals surface area (Å²) in [6.45, 7) is 0. The Morgan fingerprint density at radius 1 is 1.45 bits per heavy atom. The van der Waals surface area contributed by atoms with Crippen molar-refractivity contribution >= 4 is 62.0 Å².